The van der Waals surface area contributed by atoms with Crippen LogP contribution in [0.25, 0.3) is 0 Å². The zero-order valence-electron chi connectivity index (χ0n) is 15.9. The molecular weight excluding hydrogens is 316 g/mol. The summed E-state index contributed by atoms with van der Waals surface area (Å²) in [6, 6.07) is 8.46. The normalized spacial score (nSPS) is 18.0. The highest BCUT2D eigenvalue weighted by Crippen LogP contribution is 2.21. The molecule has 140 valence electrons. The first-order chi connectivity index (χ1) is 11.8. The lowest BCUT2D eigenvalue weighted by Crippen LogP contribution is -2.51. The van der Waals surface area contributed by atoms with Gasteiger partial charge in [-0.3, -0.25) is 0 Å². The molecule has 1 aliphatic heterocycles. The fourth-order valence-corrected chi connectivity index (χ4v) is 3.19. The molecule has 2 N–H and O–H groups in total. The zero-order chi connectivity index (χ0) is 18.4. The molecule has 1 saturated heterocycles. The first-order valence-corrected chi connectivity index (χ1v) is 9.20. The van der Waals surface area contributed by atoms with Gasteiger partial charge in [0.1, 0.15) is 0 Å². The minimum absolute atomic E-state index is 0.0317. The number of amides is 2. The molecule has 0 radical (unpaired) electrons. The van der Waals surface area contributed by atoms with Crippen molar-refractivity contribution >= 4 is 6.03 Å². The summed E-state index contributed by atoms with van der Waals surface area (Å²) in [4.78, 5) is 13.9. The minimum Gasteiger partial charge on any atom is -0.388 e. The topological polar surface area (TPSA) is 61.8 Å². The molecule has 0 spiro atoms. The Hall–Kier alpha value is -1.59. The molecule has 1 heterocycles. The first kappa shape index (κ1) is 19.7. The largest absolute Gasteiger partial charge is 0.388 e. The van der Waals surface area contributed by atoms with Gasteiger partial charge in [0, 0.05) is 39.1 Å². The summed E-state index contributed by atoms with van der Waals surface area (Å²) < 4.78 is 5.28. The lowest BCUT2D eigenvalue weighted by molar-refractivity contribution is -0.0723. The molecule has 1 atom stereocenters. The number of hydrogen-bond acceptors (Lipinski definition) is 3. The van der Waals surface area contributed by atoms with Gasteiger partial charge in [0.05, 0.1) is 12.1 Å². The van der Waals surface area contributed by atoms with Crippen molar-refractivity contribution in [2.24, 2.45) is 0 Å². The fourth-order valence-electron chi connectivity index (χ4n) is 3.19. The maximum Gasteiger partial charge on any atom is 0.317 e. The van der Waals surface area contributed by atoms with Gasteiger partial charge >= 0.3 is 6.03 Å². The van der Waals surface area contributed by atoms with Crippen LogP contribution in [0.2, 0.25) is 0 Å². The molecule has 25 heavy (non-hydrogen) atoms. The van der Waals surface area contributed by atoms with Crippen molar-refractivity contribution in [1.82, 2.24) is 10.2 Å². The number of nitrogens with zero attached hydrogens (tertiary/aromatic N) is 1. The van der Waals surface area contributed by atoms with Crippen LogP contribution in [0.3, 0.4) is 0 Å². The number of hydrogen-bond donors (Lipinski definition) is 2. The molecule has 2 amide bonds. The third-order valence-corrected chi connectivity index (χ3v) is 4.86. The van der Waals surface area contributed by atoms with Gasteiger partial charge in [-0.25, -0.2) is 4.79 Å². The van der Waals surface area contributed by atoms with Gasteiger partial charge in [-0.2, -0.15) is 0 Å². The van der Waals surface area contributed by atoms with E-state index in [2.05, 4.69) is 43.4 Å². The van der Waals surface area contributed by atoms with Gasteiger partial charge in [-0.1, -0.05) is 38.1 Å². The van der Waals surface area contributed by atoms with Crippen LogP contribution in [0.4, 0.5) is 4.79 Å². The van der Waals surface area contributed by atoms with Gasteiger partial charge in [0.25, 0.3) is 0 Å². The first-order valence-electron chi connectivity index (χ1n) is 9.20. The quantitative estimate of drug-likeness (QED) is 0.831. The molecule has 1 aromatic carbocycles. The summed E-state index contributed by atoms with van der Waals surface area (Å²) >= 11 is 0. The van der Waals surface area contributed by atoms with E-state index in [1.165, 1.54) is 11.1 Å². The molecule has 0 aromatic heterocycles. The maximum absolute atomic E-state index is 12.4. The van der Waals surface area contributed by atoms with E-state index in [4.69, 9.17) is 4.74 Å². The van der Waals surface area contributed by atoms with Crippen molar-refractivity contribution in [3.05, 3.63) is 35.4 Å². The number of carbonyl (C=O) groups is 1. The van der Waals surface area contributed by atoms with Crippen LogP contribution in [0.5, 0.6) is 0 Å². The van der Waals surface area contributed by atoms with E-state index in [0.29, 0.717) is 38.5 Å². The highest BCUT2D eigenvalue weighted by Gasteiger charge is 2.32. The SMILES string of the molecule is CC(C)c1ccc(C[C@@H](C)NC(=O)N(C)CC2(O)CCOCC2)cc1. The summed E-state index contributed by atoms with van der Waals surface area (Å²) in [5, 5.41) is 13.5. The van der Waals surface area contributed by atoms with Gasteiger partial charge in [-0.15, -0.1) is 0 Å². The van der Waals surface area contributed by atoms with Crippen molar-refractivity contribution in [2.45, 2.75) is 57.6 Å². The Kier molecular flexibility index (Phi) is 6.85. The van der Waals surface area contributed by atoms with Gasteiger partial charge < -0.3 is 20.1 Å². The van der Waals surface area contributed by atoms with Crippen LogP contribution in [-0.4, -0.2) is 54.5 Å². The molecular formula is C20H32N2O3. The number of urea groups is 1. The van der Waals surface area contributed by atoms with Crippen LogP contribution in [0.1, 0.15) is 50.7 Å². The fraction of sp³-hybridized carbons (Fsp3) is 0.650. The molecule has 5 nitrogen and oxygen atoms in total. The van der Waals surface area contributed by atoms with Crippen molar-refractivity contribution in [3.63, 3.8) is 0 Å². The van der Waals surface area contributed by atoms with E-state index in [9.17, 15) is 9.90 Å². The highest BCUT2D eigenvalue weighted by molar-refractivity contribution is 5.74. The van der Waals surface area contributed by atoms with Crippen LogP contribution >= 0.6 is 0 Å². The number of ether oxygens (including phenoxy) is 1. The molecule has 0 saturated carbocycles. The second-order valence-electron chi connectivity index (χ2n) is 7.64. The minimum atomic E-state index is -0.833. The smallest absolute Gasteiger partial charge is 0.317 e. The average Bonchev–Trinajstić information content (AvgIpc) is 2.55. The zero-order valence-corrected chi connectivity index (χ0v) is 15.9. The maximum atomic E-state index is 12.4. The van der Waals surface area contributed by atoms with Crippen molar-refractivity contribution in [3.8, 4) is 0 Å². The second kappa shape index (κ2) is 8.68. The monoisotopic (exact) mass is 348 g/mol. The molecule has 1 aliphatic rings. The Morgan fingerprint density at radius 3 is 2.40 bits per heavy atom. The standard InChI is InChI=1S/C20H32N2O3/c1-15(2)18-7-5-17(6-8-18)13-16(3)21-19(23)22(4)14-20(24)9-11-25-12-10-20/h5-8,15-16,24H,9-14H2,1-4H3,(H,21,23)/t16-/m1/s1. The lowest BCUT2D eigenvalue weighted by atomic mass is 9.94. The van der Waals surface area contributed by atoms with E-state index >= 15 is 0 Å². The van der Waals surface area contributed by atoms with Crippen molar-refractivity contribution < 1.29 is 14.6 Å². The van der Waals surface area contributed by atoms with Crippen LogP contribution in [0.15, 0.2) is 24.3 Å². The predicted molar refractivity (Wildman–Crippen MR) is 99.9 cm³/mol. The number of benzene rings is 1. The van der Waals surface area contributed by atoms with E-state index in [0.717, 1.165) is 6.42 Å². The Bertz CT molecular complexity index is 551. The third-order valence-electron chi connectivity index (χ3n) is 4.86. The molecule has 5 heteroatoms. The summed E-state index contributed by atoms with van der Waals surface area (Å²) in [5.74, 6) is 0.524. The molecule has 0 aliphatic carbocycles. The molecule has 0 unspecified atom stereocenters. The number of aliphatic hydroxyl groups is 1. The molecule has 0 bridgehead atoms. The Morgan fingerprint density at radius 1 is 1.24 bits per heavy atom. The number of carbonyl (C=O) groups excluding carboxylic acids is 1. The van der Waals surface area contributed by atoms with E-state index in [1.807, 2.05) is 6.92 Å². The lowest BCUT2D eigenvalue weighted by Gasteiger charge is -2.35. The van der Waals surface area contributed by atoms with Crippen LogP contribution in [0, 0.1) is 0 Å². The van der Waals surface area contributed by atoms with E-state index in [1.54, 1.807) is 11.9 Å². The Morgan fingerprint density at radius 2 is 1.84 bits per heavy atom. The van der Waals surface area contributed by atoms with Gasteiger partial charge in [-0.05, 0) is 30.4 Å². The number of likely N-dealkylation sites (N-methyl/N-ethyl adjacent to an activating group) is 1. The van der Waals surface area contributed by atoms with E-state index in [-0.39, 0.29) is 12.1 Å². The number of rotatable bonds is 6. The Balaban J connectivity index is 1.82. The second-order valence-corrected chi connectivity index (χ2v) is 7.64. The average molecular weight is 348 g/mol. The number of nitrogens with one attached hydrogen (secondary N) is 1. The van der Waals surface area contributed by atoms with Gasteiger partial charge in [0.15, 0.2) is 0 Å². The van der Waals surface area contributed by atoms with E-state index < -0.39 is 5.60 Å². The van der Waals surface area contributed by atoms with Crippen LogP contribution in [-0.2, 0) is 11.2 Å². The Labute approximate surface area is 151 Å². The van der Waals surface area contributed by atoms with Crippen molar-refractivity contribution in [1.29, 1.82) is 0 Å². The summed E-state index contributed by atoms with van der Waals surface area (Å²) in [6.07, 6.45) is 1.93. The van der Waals surface area contributed by atoms with Gasteiger partial charge in [0.2, 0.25) is 0 Å². The molecule has 1 aromatic rings. The summed E-state index contributed by atoms with van der Waals surface area (Å²) in [6.45, 7) is 7.80. The predicted octanol–water partition coefficient (Wildman–Crippen LogP) is 2.92. The summed E-state index contributed by atoms with van der Waals surface area (Å²) in [7, 11) is 1.73. The molecule has 2 rings (SSSR count). The van der Waals surface area contributed by atoms with Crippen molar-refractivity contribution in [2.75, 3.05) is 26.8 Å². The van der Waals surface area contributed by atoms with Crippen LogP contribution < -0.4 is 5.32 Å². The highest BCUT2D eigenvalue weighted by atomic mass is 16.5. The molecule has 1 fully saturated rings. The summed E-state index contributed by atoms with van der Waals surface area (Å²) in [5.41, 5.74) is 1.70. The third kappa shape index (κ3) is 6.01.